The normalized spacial score (nSPS) is 20.8. The zero-order valence-electron chi connectivity index (χ0n) is 26.4. The number of rotatable bonds is 13. The molecule has 1 saturated heterocycles. The lowest BCUT2D eigenvalue weighted by Gasteiger charge is -2.37. The largest absolute Gasteiger partial charge is 0.363 e. The third-order valence-electron chi connectivity index (χ3n) is 8.48. The van der Waals surface area contributed by atoms with Crippen molar-refractivity contribution in [2.75, 3.05) is 6.54 Å². The number of aromatic amines is 1. The molecule has 0 spiro atoms. The Labute approximate surface area is 253 Å². The lowest BCUT2D eigenvalue weighted by molar-refractivity contribution is -0.144. The zero-order chi connectivity index (χ0) is 32.2. The molecule has 6 N–H and O–H groups in total. The number of H-pyrrole nitrogens is 1. The molecular weight excluding hydrogens is 552 g/mol. The first kappa shape index (κ1) is 33.8. The van der Waals surface area contributed by atoms with Gasteiger partial charge in [0, 0.05) is 12.7 Å². The lowest BCUT2D eigenvalue weighted by atomic mass is 9.84. The van der Waals surface area contributed by atoms with Gasteiger partial charge in [-0.3, -0.25) is 24.0 Å². The monoisotopic (exact) mass is 600 g/mol. The molecule has 1 aliphatic carbocycles. The first-order valence-electron chi connectivity index (χ1n) is 15.2. The molecule has 12 heteroatoms. The Kier molecular flexibility index (Phi) is 10.8. The van der Waals surface area contributed by atoms with Crippen molar-refractivity contribution in [2.45, 2.75) is 98.3 Å². The van der Waals surface area contributed by atoms with Crippen molar-refractivity contribution in [3.8, 4) is 0 Å². The lowest BCUT2D eigenvalue weighted by Crippen LogP contribution is -2.62. The first-order valence-corrected chi connectivity index (χ1v) is 15.2. The van der Waals surface area contributed by atoms with Gasteiger partial charge in [0.15, 0.2) is 0 Å². The maximum absolute atomic E-state index is 14.2. The predicted molar refractivity (Wildman–Crippen MR) is 161 cm³/mol. The predicted octanol–water partition coefficient (Wildman–Crippen LogP) is 2.15. The van der Waals surface area contributed by atoms with E-state index in [0.29, 0.717) is 18.5 Å². The van der Waals surface area contributed by atoms with E-state index in [4.69, 9.17) is 5.73 Å². The average molecular weight is 601 g/mol. The molecule has 5 amide bonds. The summed E-state index contributed by atoms with van der Waals surface area (Å²) in [5.74, 6) is -3.35. The summed E-state index contributed by atoms with van der Waals surface area (Å²) in [4.78, 5) is 82.8. The molecule has 1 aromatic rings. The molecule has 2 unspecified atom stereocenters. The van der Waals surface area contributed by atoms with Crippen LogP contribution in [-0.4, -0.2) is 75.9 Å². The smallest absolute Gasteiger partial charge is 0.316 e. The molecule has 1 aliphatic heterocycles. The van der Waals surface area contributed by atoms with Gasteiger partial charge in [-0.05, 0) is 54.1 Å². The second-order valence-corrected chi connectivity index (χ2v) is 13.7. The fourth-order valence-corrected chi connectivity index (χ4v) is 5.76. The van der Waals surface area contributed by atoms with E-state index in [9.17, 15) is 28.8 Å². The summed E-state index contributed by atoms with van der Waals surface area (Å²) in [5.41, 5.74) is 4.89. The minimum Gasteiger partial charge on any atom is -0.363 e. The molecule has 2 aliphatic rings. The number of hydrogen-bond donors (Lipinski definition) is 5. The number of carbonyl (C=O) groups is 6. The van der Waals surface area contributed by atoms with E-state index in [-0.39, 0.29) is 36.0 Å². The van der Waals surface area contributed by atoms with Crippen LogP contribution in [0.4, 0.5) is 4.79 Å². The number of Topliss-reactive ketones (excluding diaryl/α,β-unsaturated/α-hetero) is 2. The maximum atomic E-state index is 14.2. The second kappa shape index (κ2) is 13.7. The van der Waals surface area contributed by atoms with Gasteiger partial charge in [-0.25, -0.2) is 4.79 Å². The van der Waals surface area contributed by atoms with Crippen LogP contribution in [0.25, 0.3) is 0 Å². The third-order valence-corrected chi connectivity index (χ3v) is 8.48. The minimum atomic E-state index is -1.11. The van der Waals surface area contributed by atoms with Gasteiger partial charge in [-0.1, -0.05) is 61.3 Å². The van der Waals surface area contributed by atoms with Gasteiger partial charge in [0.1, 0.15) is 12.1 Å². The Balaban J connectivity index is 1.82. The molecule has 0 aromatic carbocycles. The number of likely N-dealkylation sites (tertiary alicyclic amines) is 1. The van der Waals surface area contributed by atoms with Crippen molar-refractivity contribution in [3.05, 3.63) is 24.0 Å². The number of nitrogens with zero attached hydrogens (tertiary/aromatic N) is 1. The topological polar surface area (TPSA) is 184 Å². The summed E-state index contributed by atoms with van der Waals surface area (Å²) >= 11 is 0. The highest BCUT2D eigenvalue weighted by Crippen LogP contribution is 2.35. The van der Waals surface area contributed by atoms with Gasteiger partial charge in [-0.2, -0.15) is 0 Å². The number of hydrogen-bond acceptors (Lipinski definition) is 6. The Hall–Kier alpha value is -3.70. The maximum Gasteiger partial charge on any atom is 0.316 e. The average Bonchev–Trinajstić information content (AvgIpc) is 3.37. The summed E-state index contributed by atoms with van der Waals surface area (Å²) in [6.07, 6.45) is 4.34. The summed E-state index contributed by atoms with van der Waals surface area (Å²) in [7, 11) is 0. The molecule has 2 fully saturated rings. The Morgan fingerprint density at radius 3 is 2.14 bits per heavy atom. The molecule has 0 bridgehead atoms. The molecule has 238 valence electrons. The van der Waals surface area contributed by atoms with Crippen molar-refractivity contribution in [2.24, 2.45) is 34.8 Å². The van der Waals surface area contributed by atoms with Gasteiger partial charge in [-0.15, -0.1) is 0 Å². The van der Waals surface area contributed by atoms with Crippen LogP contribution in [0.3, 0.4) is 0 Å². The van der Waals surface area contributed by atoms with E-state index in [0.717, 1.165) is 12.8 Å². The number of nitrogens with two attached hydrogens (primary N) is 1. The summed E-state index contributed by atoms with van der Waals surface area (Å²) in [6.45, 7) is 13.3. The van der Waals surface area contributed by atoms with Crippen molar-refractivity contribution in [1.29, 1.82) is 0 Å². The molecule has 2 heterocycles. The standard InChI is InChI=1S/C31H48N6O6/c1-16(2)19-12-14-37(23(19)28(41)34-21(15-18-10-11-18)25(39)27(32)40)29(42)26(31(5,6)7)36-30(43)35-22(17(3)4)24(38)20-9-8-13-33-20/h8-9,13,16-19,21-23,26,33H,10-12,14-15H2,1-7H3,(H2,32,40)(H,34,41)(H2,35,36,43)/t19?,21?,22-,23-,26+/m0/s1. The molecular formula is C31H48N6O6. The number of primary amides is 1. The minimum absolute atomic E-state index is 0.0393. The van der Waals surface area contributed by atoms with Crippen LogP contribution in [0.5, 0.6) is 0 Å². The fraction of sp³-hybridized carbons (Fsp3) is 0.677. The van der Waals surface area contributed by atoms with E-state index in [1.807, 2.05) is 48.5 Å². The van der Waals surface area contributed by atoms with Gasteiger partial charge in [0.25, 0.3) is 5.91 Å². The van der Waals surface area contributed by atoms with E-state index in [2.05, 4.69) is 20.9 Å². The van der Waals surface area contributed by atoms with Crippen LogP contribution in [0.2, 0.25) is 0 Å². The SMILES string of the molecule is CC(C)C1CCN(C(=O)[C@@H](NC(=O)N[C@H](C(=O)c2ccc[nH]2)C(C)C)C(C)(C)C)[C@@H]1C(=O)NC(CC1CC1)C(=O)C(N)=O. The van der Waals surface area contributed by atoms with Crippen molar-refractivity contribution in [3.63, 3.8) is 0 Å². The quantitative estimate of drug-likeness (QED) is 0.171. The molecule has 43 heavy (non-hydrogen) atoms. The Morgan fingerprint density at radius 1 is 1.00 bits per heavy atom. The van der Waals surface area contributed by atoms with E-state index >= 15 is 0 Å². The van der Waals surface area contributed by atoms with Crippen LogP contribution in [0, 0.1) is 29.1 Å². The van der Waals surface area contributed by atoms with Gasteiger partial charge in [0.05, 0.1) is 17.8 Å². The molecule has 1 saturated carbocycles. The molecule has 12 nitrogen and oxygen atoms in total. The Bertz CT molecular complexity index is 1200. The zero-order valence-corrected chi connectivity index (χ0v) is 26.4. The highest BCUT2D eigenvalue weighted by molar-refractivity contribution is 6.37. The first-order chi connectivity index (χ1) is 20.0. The van der Waals surface area contributed by atoms with Crippen molar-refractivity contribution >= 4 is 35.3 Å². The summed E-state index contributed by atoms with van der Waals surface area (Å²) in [6, 6.07) is -1.16. The van der Waals surface area contributed by atoms with Crippen LogP contribution < -0.4 is 21.7 Å². The van der Waals surface area contributed by atoms with Gasteiger partial charge >= 0.3 is 6.03 Å². The van der Waals surface area contributed by atoms with Gasteiger partial charge in [0.2, 0.25) is 23.4 Å². The number of carbonyl (C=O) groups excluding carboxylic acids is 6. The van der Waals surface area contributed by atoms with Crippen LogP contribution in [0.1, 0.15) is 84.6 Å². The number of aromatic nitrogens is 1. The number of amides is 5. The van der Waals surface area contributed by atoms with E-state index in [1.165, 1.54) is 4.90 Å². The third kappa shape index (κ3) is 8.45. The fourth-order valence-electron chi connectivity index (χ4n) is 5.76. The van der Waals surface area contributed by atoms with Crippen molar-refractivity contribution < 1.29 is 28.8 Å². The molecule has 5 atom stereocenters. The van der Waals surface area contributed by atoms with Crippen LogP contribution >= 0.6 is 0 Å². The van der Waals surface area contributed by atoms with E-state index < -0.39 is 59.1 Å². The molecule has 0 radical (unpaired) electrons. The molecule has 3 rings (SSSR count). The van der Waals surface area contributed by atoms with Crippen LogP contribution in [-0.2, 0) is 19.2 Å². The summed E-state index contributed by atoms with van der Waals surface area (Å²) < 4.78 is 0. The number of ketones is 2. The Morgan fingerprint density at radius 2 is 1.65 bits per heavy atom. The highest BCUT2D eigenvalue weighted by atomic mass is 16.2. The second-order valence-electron chi connectivity index (χ2n) is 13.7. The summed E-state index contributed by atoms with van der Waals surface area (Å²) in [5, 5.41) is 8.26. The van der Waals surface area contributed by atoms with Gasteiger partial charge < -0.3 is 31.6 Å². The van der Waals surface area contributed by atoms with Crippen molar-refractivity contribution in [1.82, 2.24) is 25.8 Å². The highest BCUT2D eigenvalue weighted by Gasteiger charge is 2.48. The number of nitrogens with one attached hydrogen (secondary N) is 4. The number of urea groups is 1. The molecule has 1 aromatic heterocycles. The van der Waals surface area contributed by atoms with Crippen LogP contribution in [0.15, 0.2) is 18.3 Å². The van der Waals surface area contributed by atoms with E-state index in [1.54, 1.807) is 18.3 Å².